The fourth-order valence-electron chi connectivity index (χ4n) is 2.76. The average molecular weight is 293 g/mol. The van der Waals surface area contributed by atoms with Gasteiger partial charge in [-0.05, 0) is 39.3 Å². The molecule has 5 nitrogen and oxygen atoms in total. The van der Waals surface area contributed by atoms with E-state index < -0.39 is 0 Å². The summed E-state index contributed by atoms with van der Waals surface area (Å²) in [4.78, 5) is 11.4. The van der Waals surface area contributed by atoms with Crippen LogP contribution in [0.5, 0.6) is 0 Å². The smallest absolute Gasteiger partial charge is 0.154 e. The molecule has 1 aromatic rings. The lowest BCUT2D eigenvalue weighted by Gasteiger charge is -2.32. The summed E-state index contributed by atoms with van der Waals surface area (Å²) in [7, 11) is 1.67. The fourth-order valence-corrected chi connectivity index (χ4v) is 2.76. The highest BCUT2D eigenvalue weighted by molar-refractivity contribution is 5.10. The molecular weight excluding hydrogens is 266 g/mol. The van der Waals surface area contributed by atoms with Gasteiger partial charge in [-0.1, -0.05) is 0 Å². The summed E-state index contributed by atoms with van der Waals surface area (Å²) in [5.41, 5.74) is 1.14. The first-order valence-corrected chi connectivity index (χ1v) is 7.83. The first kappa shape index (κ1) is 16.3. The van der Waals surface area contributed by atoms with E-state index in [1.165, 1.54) is 12.8 Å². The summed E-state index contributed by atoms with van der Waals surface area (Å²) >= 11 is 0. The minimum atomic E-state index is 0.309. The molecular formula is C16H27N3O2. The van der Waals surface area contributed by atoms with Crippen molar-refractivity contribution in [1.82, 2.24) is 14.9 Å². The molecule has 5 heteroatoms. The molecule has 2 heterocycles. The number of hydrogen-bond acceptors (Lipinski definition) is 5. The molecule has 1 fully saturated rings. The molecule has 0 N–H and O–H groups in total. The van der Waals surface area contributed by atoms with Crippen molar-refractivity contribution in [3.05, 3.63) is 23.8 Å². The zero-order chi connectivity index (χ0) is 15.1. The number of aromatic nitrogens is 2. The van der Waals surface area contributed by atoms with Crippen molar-refractivity contribution in [1.29, 1.82) is 0 Å². The van der Waals surface area contributed by atoms with Gasteiger partial charge in [0.05, 0.1) is 12.7 Å². The number of nitrogens with zero attached hydrogens (tertiary/aromatic N) is 3. The molecule has 1 unspecified atom stereocenters. The number of methoxy groups -OCH3 is 1. The highest BCUT2D eigenvalue weighted by Crippen LogP contribution is 2.25. The Kier molecular flexibility index (Phi) is 6.54. The molecule has 1 saturated heterocycles. The normalized spacial score (nSPS) is 20.1. The van der Waals surface area contributed by atoms with E-state index in [1.807, 2.05) is 12.3 Å². The topological polar surface area (TPSA) is 47.5 Å². The summed E-state index contributed by atoms with van der Waals surface area (Å²) in [6, 6.07) is 2.04. The van der Waals surface area contributed by atoms with E-state index in [1.54, 1.807) is 7.11 Å². The van der Waals surface area contributed by atoms with Gasteiger partial charge < -0.3 is 14.4 Å². The Morgan fingerprint density at radius 1 is 1.43 bits per heavy atom. The largest absolute Gasteiger partial charge is 0.377 e. The van der Waals surface area contributed by atoms with E-state index in [0.29, 0.717) is 18.6 Å². The summed E-state index contributed by atoms with van der Waals surface area (Å²) < 4.78 is 10.8. The van der Waals surface area contributed by atoms with Gasteiger partial charge in [-0.25, -0.2) is 9.97 Å². The second-order valence-corrected chi connectivity index (χ2v) is 5.89. The summed E-state index contributed by atoms with van der Waals surface area (Å²) in [6.45, 7) is 8.67. The van der Waals surface area contributed by atoms with Crippen molar-refractivity contribution >= 4 is 0 Å². The van der Waals surface area contributed by atoms with Crippen LogP contribution in [-0.2, 0) is 16.1 Å². The summed E-state index contributed by atoms with van der Waals surface area (Å²) in [5.74, 6) is 1.27. The monoisotopic (exact) mass is 293 g/mol. The van der Waals surface area contributed by atoms with Crippen molar-refractivity contribution in [2.24, 2.45) is 0 Å². The molecule has 0 bridgehead atoms. The van der Waals surface area contributed by atoms with Crippen LogP contribution in [0.1, 0.15) is 44.1 Å². The van der Waals surface area contributed by atoms with Gasteiger partial charge >= 0.3 is 0 Å². The SMILES string of the molecule is COCc1nccc(C2CCCN(CCOC(C)C)C2)n1. The van der Waals surface area contributed by atoms with E-state index in [4.69, 9.17) is 9.47 Å². The molecule has 2 rings (SSSR count). The summed E-state index contributed by atoms with van der Waals surface area (Å²) in [5, 5.41) is 0. The third-order valence-corrected chi connectivity index (χ3v) is 3.78. The lowest BCUT2D eigenvalue weighted by Crippen LogP contribution is -2.37. The zero-order valence-corrected chi connectivity index (χ0v) is 13.4. The van der Waals surface area contributed by atoms with Crippen molar-refractivity contribution < 1.29 is 9.47 Å². The molecule has 0 aliphatic carbocycles. The van der Waals surface area contributed by atoms with E-state index in [0.717, 1.165) is 37.8 Å². The van der Waals surface area contributed by atoms with E-state index in [-0.39, 0.29) is 0 Å². The molecule has 0 saturated carbocycles. The number of ether oxygens (including phenoxy) is 2. The number of piperidine rings is 1. The first-order chi connectivity index (χ1) is 10.2. The van der Waals surface area contributed by atoms with Gasteiger partial charge in [0, 0.05) is 38.0 Å². The van der Waals surface area contributed by atoms with Gasteiger partial charge in [0.2, 0.25) is 0 Å². The molecule has 1 aliphatic heterocycles. The molecule has 118 valence electrons. The van der Waals surface area contributed by atoms with Gasteiger partial charge in [-0.2, -0.15) is 0 Å². The Labute approximate surface area is 127 Å². The van der Waals surface area contributed by atoms with Gasteiger partial charge in [0.15, 0.2) is 5.82 Å². The van der Waals surface area contributed by atoms with Crippen LogP contribution >= 0.6 is 0 Å². The highest BCUT2D eigenvalue weighted by atomic mass is 16.5. The second-order valence-electron chi connectivity index (χ2n) is 5.89. The molecule has 0 aromatic carbocycles. The maximum Gasteiger partial charge on any atom is 0.154 e. The van der Waals surface area contributed by atoms with Crippen LogP contribution in [0, 0.1) is 0 Å². The predicted molar refractivity (Wildman–Crippen MR) is 82.2 cm³/mol. The zero-order valence-electron chi connectivity index (χ0n) is 13.4. The van der Waals surface area contributed by atoms with Crippen LogP contribution in [0.15, 0.2) is 12.3 Å². The first-order valence-electron chi connectivity index (χ1n) is 7.83. The van der Waals surface area contributed by atoms with Crippen LogP contribution in [0.4, 0.5) is 0 Å². The minimum Gasteiger partial charge on any atom is -0.377 e. The van der Waals surface area contributed by atoms with Gasteiger partial charge in [0.1, 0.15) is 6.61 Å². The van der Waals surface area contributed by atoms with E-state index >= 15 is 0 Å². The van der Waals surface area contributed by atoms with Crippen molar-refractivity contribution in [2.45, 2.75) is 45.3 Å². The van der Waals surface area contributed by atoms with Gasteiger partial charge in [0.25, 0.3) is 0 Å². The maximum atomic E-state index is 5.65. The lowest BCUT2D eigenvalue weighted by atomic mass is 9.94. The van der Waals surface area contributed by atoms with Crippen molar-refractivity contribution in [3.8, 4) is 0 Å². The highest BCUT2D eigenvalue weighted by Gasteiger charge is 2.22. The average Bonchev–Trinajstić information content (AvgIpc) is 2.48. The molecule has 1 aliphatic rings. The van der Waals surface area contributed by atoms with E-state index in [2.05, 4.69) is 28.7 Å². The summed E-state index contributed by atoms with van der Waals surface area (Å²) in [6.07, 6.45) is 4.57. The molecule has 0 amide bonds. The van der Waals surface area contributed by atoms with Crippen molar-refractivity contribution in [3.63, 3.8) is 0 Å². The van der Waals surface area contributed by atoms with Crippen LogP contribution in [0.2, 0.25) is 0 Å². The Bertz CT molecular complexity index is 426. The van der Waals surface area contributed by atoms with Crippen LogP contribution in [0.25, 0.3) is 0 Å². The standard InChI is InChI=1S/C16H27N3O2/c1-13(2)21-10-9-19-8-4-5-14(11-19)15-6-7-17-16(18-15)12-20-3/h6-7,13-14H,4-5,8-12H2,1-3H3. The Balaban J connectivity index is 1.89. The Morgan fingerprint density at radius 3 is 3.05 bits per heavy atom. The second kappa shape index (κ2) is 8.41. The lowest BCUT2D eigenvalue weighted by molar-refractivity contribution is 0.0527. The third kappa shape index (κ3) is 5.34. The number of hydrogen-bond donors (Lipinski definition) is 0. The van der Waals surface area contributed by atoms with E-state index in [9.17, 15) is 0 Å². The molecule has 1 atom stereocenters. The Morgan fingerprint density at radius 2 is 2.29 bits per heavy atom. The minimum absolute atomic E-state index is 0.309. The van der Waals surface area contributed by atoms with Crippen molar-refractivity contribution in [2.75, 3.05) is 33.4 Å². The number of rotatable bonds is 7. The Hall–Kier alpha value is -1.04. The quantitative estimate of drug-likeness (QED) is 0.771. The molecule has 21 heavy (non-hydrogen) atoms. The van der Waals surface area contributed by atoms with Crippen LogP contribution < -0.4 is 0 Å². The third-order valence-electron chi connectivity index (χ3n) is 3.78. The van der Waals surface area contributed by atoms with Crippen LogP contribution in [-0.4, -0.2) is 54.3 Å². The van der Waals surface area contributed by atoms with Gasteiger partial charge in [-0.3, -0.25) is 0 Å². The molecule has 0 radical (unpaired) electrons. The fraction of sp³-hybridized carbons (Fsp3) is 0.750. The predicted octanol–water partition coefficient (Wildman–Crippen LogP) is 2.23. The number of likely N-dealkylation sites (tertiary alicyclic amines) is 1. The van der Waals surface area contributed by atoms with Crippen LogP contribution in [0.3, 0.4) is 0 Å². The van der Waals surface area contributed by atoms with Gasteiger partial charge in [-0.15, -0.1) is 0 Å². The maximum absolute atomic E-state index is 5.65. The molecule has 1 aromatic heterocycles. The molecule has 0 spiro atoms.